The molecule has 0 aromatic carbocycles. The Bertz CT molecular complexity index is 159. The summed E-state index contributed by atoms with van der Waals surface area (Å²) >= 11 is 1.55. The zero-order valence-electron chi connectivity index (χ0n) is 4.20. The molecule has 0 aliphatic carbocycles. The highest BCUT2D eigenvalue weighted by atomic mass is 32.1. The van der Waals surface area contributed by atoms with Crippen LogP contribution in [0.3, 0.4) is 0 Å². The molecule has 0 atom stereocenters. The molecule has 2 nitrogen and oxygen atoms in total. The molecule has 3 heteroatoms. The lowest BCUT2D eigenvalue weighted by Gasteiger charge is -1.77. The van der Waals surface area contributed by atoms with Gasteiger partial charge in [0.2, 0.25) is 0 Å². The lowest BCUT2D eigenvalue weighted by Crippen LogP contribution is -1.66. The minimum atomic E-state index is 0.317. The van der Waals surface area contributed by atoms with Crippen molar-refractivity contribution >= 4 is 11.3 Å². The number of nitroso groups, excluding NO2 is 1. The van der Waals surface area contributed by atoms with Crippen LogP contribution in [0, 0.1) is 4.91 Å². The van der Waals surface area contributed by atoms with Crippen LogP contribution in [-0.4, -0.2) is 0 Å². The van der Waals surface area contributed by atoms with Gasteiger partial charge in [-0.05, 0) is 11.4 Å². The Morgan fingerprint density at radius 3 is 3.12 bits per heavy atom. The van der Waals surface area contributed by atoms with Gasteiger partial charge in [-0.1, -0.05) is 11.2 Å². The van der Waals surface area contributed by atoms with Crippen LogP contribution in [0.15, 0.2) is 22.7 Å². The Morgan fingerprint density at radius 2 is 2.62 bits per heavy atom. The van der Waals surface area contributed by atoms with E-state index in [0.717, 1.165) is 4.88 Å². The summed E-state index contributed by atoms with van der Waals surface area (Å²) in [6, 6.07) is 3.80. The van der Waals surface area contributed by atoms with Crippen LogP contribution in [0.5, 0.6) is 0 Å². The molecule has 0 aliphatic heterocycles. The Balaban J connectivity index is 2.62. The van der Waals surface area contributed by atoms with Gasteiger partial charge in [0, 0.05) is 4.88 Å². The van der Waals surface area contributed by atoms with Gasteiger partial charge in [0.15, 0.2) is 0 Å². The Labute approximate surface area is 51.1 Å². The predicted octanol–water partition coefficient (Wildman–Crippen LogP) is 2.01. The first-order chi connectivity index (χ1) is 3.93. The maximum Gasteiger partial charge on any atom is 0.115 e. The van der Waals surface area contributed by atoms with E-state index in [4.69, 9.17) is 0 Å². The number of nitrogens with zero attached hydrogens (tertiary/aromatic N) is 1. The van der Waals surface area contributed by atoms with Gasteiger partial charge in [-0.3, -0.25) is 0 Å². The third-order valence-electron chi connectivity index (χ3n) is 0.800. The van der Waals surface area contributed by atoms with Gasteiger partial charge in [0.25, 0.3) is 0 Å². The van der Waals surface area contributed by atoms with E-state index >= 15 is 0 Å². The fraction of sp³-hybridized carbons (Fsp3) is 0.200. The standard InChI is InChI=1S/C5H5NOS/c7-6-4-5-2-1-3-8-5/h1-3H,4H2. The number of hydrogen-bond donors (Lipinski definition) is 0. The third-order valence-corrected chi connectivity index (χ3v) is 1.66. The zero-order valence-corrected chi connectivity index (χ0v) is 5.02. The minimum absolute atomic E-state index is 0.317. The van der Waals surface area contributed by atoms with Crippen molar-refractivity contribution in [1.82, 2.24) is 0 Å². The highest BCUT2D eigenvalue weighted by Gasteiger charge is 1.88. The van der Waals surface area contributed by atoms with Crippen LogP contribution in [0.4, 0.5) is 0 Å². The van der Waals surface area contributed by atoms with Gasteiger partial charge < -0.3 is 0 Å². The topological polar surface area (TPSA) is 29.4 Å². The summed E-state index contributed by atoms with van der Waals surface area (Å²) in [4.78, 5) is 10.7. The average Bonchev–Trinajstić information content (AvgIpc) is 2.19. The molecule has 42 valence electrons. The van der Waals surface area contributed by atoms with Crippen molar-refractivity contribution in [2.45, 2.75) is 6.54 Å². The van der Waals surface area contributed by atoms with Gasteiger partial charge in [-0.25, -0.2) is 0 Å². The molecule has 1 aromatic heterocycles. The summed E-state index contributed by atoms with van der Waals surface area (Å²) in [6.07, 6.45) is 0. The van der Waals surface area contributed by atoms with Gasteiger partial charge in [-0.2, -0.15) is 4.91 Å². The molecule has 0 unspecified atom stereocenters. The Hall–Kier alpha value is -0.700. The van der Waals surface area contributed by atoms with Gasteiger partial charge in [-0.15, -0.1) is 11.3 Å². The molecule has 0 radical (unpaired) electrons. The van der Waals surface area contributed by atoms with Crippen molar-refractivity contribution in [1.29, 1.82) is 0 Å². The van der Waals surface area contributed by atoms with E-state index in [1.165, 1.54) is 0 Å². The second kappa shape index (κ2) is 2.57. The normalized spacial score (nSPS) is 9.00. The van der Waals surface area contributed by atoms with Crippen LogP contribution in [0.1, 0.15) is 4.88 Å². The molecule has 0 spiro atoms. The highest BCUT2D eigenvalue weighted by Crippen LogP contribution is 2.08. The van der Waals surface area contributed by atoms with Crippen molar-refractivity contribution < 1.29 is 0 Å². The number of rotatable bonds is 2. The highest BCUT2D eigenvalue weighted by molar-refractivity contribution is 7.09. The lowest BCUT2D eigenvalue weighted by molar-refractivity contribution is 1.09. The fourth-order valence-electron chi connectivity index (χ4n) is 0.466. The van der Waals surface area contributed by atoms with Crippen molar-refractivity contribution in [2.24, 2.45) is 5.18 Å². The van der Waals surface area contributed by atoms with Gasteiger partial charge in [0.1, 0.15) is 6.54 Å². The van der Waals surface area contributed by atoms with Gasteiger partial charge in [0.05, 0.1) is 0 Å². The van der Waals surface area contributed by atoms with Crippen molar-refractivity contribution in [2.75, 3.05) is 0 Å². The zero-order chi connectivity index (χ0) is 5.82. The second-order valence-corrected chi connectivity index (χ2v) is 2.40. The summed E-state index contributed by atoms with van der Waals surface area (Å²) < 4.78 is 0. The van der Waals surface area contributed by atoms with Crippen LogP contribution >= 0.6 is 11.3 Å². The molecule has 0 N–H and O–H groups in total. The SMILES string of the molecule is O=NCc1cccs1. The third kappa shape index (κ3) is 1.13. The molecule has 1 aromatic rings. The molecule has 1 heterocycles. The first kappa shape index (κ1) is 5.44. The molecule has 0 aliphatic rings. The molecular formula is C5H5NOS. The van der Waals surface area contributed by atoms with Crippen LogP contribution < -0.4 is 0 Å². The molecule has 1 rings (SSSR count). The Kier molecular flexibility index (Phi) is 1.75. The summed E-state index contributed by atoms with van der Waals surface area (Å²) in [7, 11) is 0. The molecule has 0 bridgehead atoms. The van der Waals surface area contributed by atoms with E-state index in [0.29, 0.717) is 6.54 Å². The minimum Gasteiger partial charge on any atom is -0.150 e. The van der Waals surface area contributed by atoms with E-state index in [-0.39, 0.29) is 0 Å². The van der Waals surface area contributed by atoms with Crippen molar-refractivity contribution in [3.05, 3.63) is 27.3 Å². The quantitative estimate of drug-likeness (QED) is 0.559. The summed E-state index contributed by atoms with van der Waals surface area (Å²) in [5.74, 6) is 0. The molecule has 8 heavy (non-hydrogen) atoms. The van der Waals surface area contributed by atoms with E-state index in [1.54, 1.807) is 11.3 Å². The summed E-state index contributed by atoms with van der Waals surface area (Å²) in [6.45, 7) is 0.317. The number of hydrogen-bond acceptors (Lipinski definition) is 3. The van der Waals surface area contributed by atoms with E-state index in [9.17, 15) is 4.91 Å². The van der Waals surface area contributed by atoms with Gasteiger partial charge >= 0.3 is 0 Å². The predicted molar refractivity (Wildman–Crippen MR) is 33.8 cm³/mol. The Morgan fingerprint density at radius 1 is 1.75 bits per heavy atom. The van der Waals surface area contributed by atoms with E-state index in [1.807, 2.05) is 17.5 Å². The monoisotopic (exact) mass is 127 g/mol. The molecule has 0 fully saturated rings. The molecular weight excluding hydrogens is 122 g/mol. The molecule has 0 amide bonds. The average molecular weight is 127 g/mol. The first-order valence-corrected chi connectivity index (χ1v) is 3.13. The number of thiophene rings is 1. The largest absolute Gasteiger partial charge is 0.150 e. The van der Waals surface area contributed by atoms with E-state index < -0.39 is 0 Å². The summed E-state index contributed by atoms with van der Waals surface area (Å²) in [5, 5.41) is 4.67. The lowest BCUT2D eigenvalue weighted by atomic mass is 10.5. The fourth-order valence-corrected chi connectivity index (χ4v) is 1.08. The second-order valence-electron chi connectivity index (χ2n) is 1.37. The maximum absolute atomic E-state index is 9.63. The molecule has 0 saturated heterocycles. The van der Waals surface area contributed by atoms with Crippen LogP contribution in [0.2, 0.25) is 0 Å². The smallest absolute Gasteiger partial charge is 0.115 e. The summed E-state index contributed by atoms with van der Waals surface area (Å²) in [5.41, 5.74) is 0. The maximum atomic E-state index is 9.63. The molecule has 0 saturated carbocycles. The first-order valence-electron chi connectivity index (χ1n) is 2.25. The van der Waals surface area contributed by atoms with Crippen LogP contribution in [-0.2, 0) is 6.54 Å². The van der Waals surface area contributed by atoms with Crippen molar-refractivity contribution in [3.8, 4) is 0 Å². The van der Waals surface area contributed by atoms with Crippen LogP contribution in [0.25, 0.3) is 0 Å². The van der Waals surface area contributed by atoms with Crippen molar-refractivity contribution in [3.63, 3.8) is 0 Å². The van der Waals surface area contributed by atoms with E-state index in [2.05, 4.69) is 5.18 Å².